The predicted octanol–water partition coefficient (Wildman–Crippen LogP) is 4.17. The number of anilines is 2. The van der Waals surface area contributed by atoms with Crippen molar-refractivity contribution in [2.75, 3.05) is 24.4 Å². The van der Waals surface area contributed by atoms with Crippen LogP contribution in [0.2, 0.25) is 5.02 Å². The maximum atomic E-state index is 15.3. The highest BCUT2D eigenvalue weighted by atomic mass is 79.9. The first-order valence-corrected chi connectivity index (χ1v) is 11.5. The van der Waals surface area contributed by atoms with Crippen molar-refractivity contribution in [3.05, 3.63) is 51.5 Å². The maximum absolute atomic E-state index is 15.3. The number of sulfone groups is 1. The molecule has 0 unspecified atom stereocenters. The van der Waals surface area contributed by atoms with Crippen molar-refractivity contribution in [1.82, 2.24) is 9.55 Å². The number of esters is 1. The van der Waals surface area contributed by atoms with Crippen LogP contribution in [0.1, 0.15) is 10.4 Å². The van der Waals surface area contributed by atoms with E-state index in [1.54, 1.807) is 18.2 Å². The van der Waals surface area contributed by atoms with Gasteiger partial charge in [0.1, 0.15) is 15.4 Å². The van der Waals surface area contributed by atoms with Crippen LogP contribution in [0.25, 0.3) is 11.0 Å². The monoisotopic (exact) mass is 503 g/mol. The first kappa shape index (κ1) is 21.5. The SMILES string of the molecule is COC(=O)c1cc2c(ncn2CCS(C)(=O)=O)c(F)c1Nc1ccc(Br)cc1Cl. The van der Waals surface area contributed by atoms with Gasteiger partial charge in [-0.25, -0.2) is 22.6 Å². The van der Waals surface area contributed by atoms with E-state index < -0.39 is 21.6 Å². The Bertz CT molecular complexity index is 1210. The zero-order valence-electron chi connectivity index (χ0n) is 15.4. The van der Waals surface area contributed by atoms with E-state index in [1.165, 1.54) is 24.1 Å². The fourth-order valence-electron chi connectivity index (χ4n) is 2.72. The minimum Gasteiger partial charge on any atom is -0.465 e. The van der Waals surface area contributed by atoms with Gasteiger partial charge in [0.15, 0.2) is 5.82 Å². The molecule has 0 amide bonds. The van der Waals surface area contributed by atoms with Gasteiger partial charge in [-0.1, -0.05) is 27.5 Å². The van der Waals surface area contributed by atoms with Crippen molar-refractivity contribution in [1.29, 1.82) is 0 Å². The van der Waals surface area contributed by atoms with Gasteiger partial charge in [0.05, 0.1) is 46.7 Å². The molecule has 0 radical (unpaired) electrons. The number of hydrogen-bond donors (Lipinski definition) is 1. The minimum atomic E-state index is -3.23. The quantitative estimate of drug-likeness (QED) is 0.507. The van der Waals surface area contributed by atoms with E-state index in [0.717, 1.165) is 10.7 Å². The zero-order valence-corrected chi connectivity index (χ0v) is 18.5. The van der Waals surface area contributed by atoms with Gasteiger partial charge in [-0.2, -0.15) is 0 Å². The summed E-state index contributed by atoms with van der Waals surface area (Å²) in [5, 5.41) is 3.15. The molecule has 0 aliphatic carbocycles. The Balaban J connectivity index is 2.14. The van der Waals surface area contributed by atoms with Gasteiger partial charge in [0.25, 0.3) is 0 Å². The lowest BCUT2D eigenvalue weighted by molar-refractivity contribution is 0.0601. The molecular formula is C18H16BrClFN3O4S. The van der Waals surface area contributed by atoms with Crippen molar-refractivity contribution >= 4 is 65.7 Å². The van der Waals surface area contributed by atoms with Gasteiger partial charge >= 0.3 is 5.97 Å². The number of nitrogens with zero attached hydrogens (tertiary/aromatic N) is 2. The van der Waals surface area contributed by atoms with E-state index in [4.69, 9.17) is 16.3 Å². The van der Waals surface area contributed by atoms with E-state index in [-0.39, 0.29) is 34.6 Å². The van der Waals surface area contributed by atoms with Crippen molar-refractivity contribution in [2.45, 2.75) is 6.54 Å². The van der Waals surface area contributed by atoms with E-state index in [9.17, 15) is 13.2 Å². The summed E-state index contributed by atoms with van der Waals surface area (Å²) in [5.41, 5.74) is 0.440. The summed E-state index contributed by atoms with van der Waals surface area (Å²) < 4.78 is 45.2. The van der Waals surface area contributed by atoms with Crippen LogP contribution in [0.15, 0.2) is 35.1 Å². The first-order chi connectivity index (χ1) is 13.6. The van der Waals surface area contributed by atoms with Gasteiger partial charge in [-0.3, -0.25) is 0 Å². The van der Waals surface area contributed by atoms with Crippen LogP contribution in [0.5, 0.6) is 0 Å². The van der Waals surface area contributed by atoms with E-state index in [2.05, 4.69) is 26.2 Å². The molecule has 3 aromatic rings. The topological polar surface area (TPSA) is 90.3 Å². The molecule has 0 fully saturated rings. The van der Waals surface area contributed by atoms with Gasteiger partial charge < -0.3 is 14.6 Å². The van der Waals surface area contributed by atoms with Crippen LogP contribution in [0, 0.1) is 5.82 Å². The number of nitrogens with one attached hydrogen (secondary N) is 1. The van der Waals surface area contributed by atoms with Crippen LogP contribution in [-0.4, -0.2) is 43.1 Å². The van der Waals surface area contributed by atoms with Crippen molar-refractivity contribution in [3.8, 4) is 0 Å². The average Bonchev–Trinajstić information content (AvgIpc) is 3.06. The molecule has 154 valence electrons. The summed E-state index contributed by atoms with van der Waals surface area (Å²) in [6.07, 6.45) is 2.44. The van der Waals surface area contributed by atoms with Crippen LogP contribution in [0.3, 0.4) is 0 Å². The maximum Gasteiger partial charge on any atom is 0.340 e. The lowest BCUT2D eigenvalue weighted by Gasteiger charge is -2.14. The third-order valence-electron chi connectivity index (χ3n) is 4.16. The lowest BCUT2D eigenvalue weighted by Crippen LogP contribution is -2.12. The molecule has 3 rings (SSSR count). The minimum absolute atomic E-state index is 0.0121. The van der Waals surface area contributed by atoms with Gasteiger partial charge in [-0.05, 0) is 24.3 Å². The Labute approximate surface area is 179 Å². The largest absolute Gasteiger partial charge is 0.465 e. The molecule has 29 heavy (non-hydrogen) atoms. The summed E-state index contributed by atoms with van der Waals surface area (Å²) in [5.74, 6) is -1.69. The summed E-state index contributed by atoms with van der Waals surface area (Å²) in [7, 11) is -2.05. The normalized spacial score (nSPS) is 11.6. The molecule has 0 atom stereocenters. The first-order valence-electron chi connectivity index (χ1n) is 8.26. The molecule has 0 aliphatic rings. The fourth-order valence-corrected chi connectivity index (χ4v) is 3.97. The molecule has 1 heterocycles. The molecule has 0 saturated heterocycles. The highest BCUT2D eigenvalue weighted by molar-refractivity contribution is 9.10. The van der Waals surface area contributed by atoms with Gasteiger partial charge in [0.2, 0.25) is 0 Å². The van der Waals surface area contributed by atoms with Gasteiger partial charge in [-0.15, -0.1) is 0 Å². The number of aryl methyl sites for hydroxylation is 1. The molecule has 11 heteroatoms. The Hall–Kier alpha value is -2.17. The molecule has 2 aromatic carbocycles. The van der Waals surface area contributed by atoms with Crippen LogP contribution in [0.4, 0.5) is 15.8 Å². The zero-order chi connectivity index (χ0) is 21.3. The highest BCUT2D eigenvalue weighted by Gasteiger charge is 2.23. The molecule has 1 N–H and O–H groups in total. The Morgan fingerprint density at radius 1 is 1.38 bits per heavy atom. The van der Waals surface area contributed by atoms with Crippen molar-refractivity contribution in [2.24, 2.45) is 0 Å². The number of rotatable bonds is 6. The van der Waals surface area contributed by atoms with Crippen molar-refractivity contribution in [3.63, 3.8) is 0 Å². The van der Waals surface area contributed by atoms with Gasteiger partial charge in [0, 0.05) is 17.3 Å². The molecule has 0 spiro atoms. The summed E-state index contributed by atoms with van der Waals surface area (Å²) in [4.78, 5) is 16.4. The predicted molar refractivity (Wildman–Crippen MR) is 113 cm³/mol. The molecule has 0 aliphatic heterocycles. The van der Waals surface area contributed by atoms with Crippen LogP contribution in [-0.2, 0) is 21.1 Å². The second-order valence-electron chi connectivity index (χ2n) is 6.29. The number of benzene rings is 2. The Morgan fingerprint density at radius 3 is 2.72 bits per heavy atom. The summed E-state index contributed by atoms with van der Waals surface area (Å²) >= 11 is 9.49. The van der Waals surface area contributed by atoms with E-state index >= 15 is 4.39 Å². The molecule has 0 saturated carbocycles. The number of hydrogen-bond acceptors (Lipinski definition) is 6. The number of imidazole rings is 1. The number of aromatic nitrogens is 2. The molecule has 7 nitrogen and oxygen atoms in total. The molecule has 0 bridgehead atoms. The highest BCUT2D eigenvalue weighted by Crippen LogP contribution is 2.34. The van der Waals surface area contributed by atoms with Crippen molar-refractivity contribution < 1.29 is 22.3 Å². The Morgan fingerprint density at radius 2 is 2.10 bits per heavy atom. The van der Waals surface area contributed by atoms with Crippen LogP contribution >= 0.6 is 27.5 Å². The summed E-state index contributed by atoms with van der Waals surface area (Å²) in [6, 6.07) is 6.37. The standard InChI is InChI=1S/C18H16BrClFN3O4S/c1-28-18(25)11-8-14-17(22-9-24(14)5-6-29(2,26)27)15(21)16(11)23-13-4-3-10(19)7-12(13)20/h3-4,7-9,23H,5-6H2,1-2H3. The number of halogens is 3. The van der Waals surface area contributed by atoms with E-state index in [1.807, 2.05) is 0 Å². The number of carbonyl (C=O) groups excluding carboxylic acids is 1. The third kappa shape index (κ3) is 4.71. The average molecular weight is 505 g/mol. The molecular weight excluding hydrogens is 489 g/mol. The third-order valence-corrected chi connectivity index (χ3v) is 5.89. The molecule has 1 aromatic heterocycles. The second kappa shape index (κ2) is 8.29. The second-order valence-corrected chi connectivity index (χ2v) is 9.87. The number of fused-ring (bicyclic) bond motifs is 1. The fraction of sp³-hybridized carbons (Fsp3) is 0.222. The van der Waals surface area contributed by atoms with E-state index in [0.29, 0.717) is 10.7 Å². The Kier molecular flexibility index (Phi) is 6.16. The number of ether oxygens (including phenoxy) is 1. The lowest BCUT2D eigenvalue weighted by atomic mass is 10.1. The number of methoxy groups -OCH3 is 1. The van der Waals surface area contributed by atoms with Crippen LogP contribution < -0.4 is 5.32 Å². The number of carbonyl (C=O) groups is 1. The summed E-state index contributed by atoms with van der Waals surface area (Å²) in [6.45, 7) is 0.0701. The smallest absolute Gasteiger partial charge is 0.340 e.